The molecule has 1 rings (SSSR count). The number of rotatable bonds is 6. The lowest BCUT2D eigenvalue weighted by atomic mass is 10.00. The Morgan fingerprint density at radius 3 is 2.59 bits per heavy atom. The maximum absolute atomic E-state index is 5.41. The second-order valence-electron chi connectivity index (χ2n) is 5.10. The molecule has 0 aliphatic rings. The highest BCUT2D eigenvalue weighted by atomic mass is 16.5. The summed E-state index contributed by atoms with van der Waals surface area (Å²) in [6.07, 6.45) is 4.57. The lowest BCUT2D eigenvalue weighted by Crippen LogP contribution is -2.35. The van der Waals surface area contributed by atoms with Crippen LogP contribution < -0.4 is 5.32 Å². The summed E-state index contributed by atoms with van der Waals surface area (Å²) in [7, 11) is 1.75. The zero-order valence-corrected chi connectivity index (χ0v) is 11.4. The maximum atomic E-state index is 5.41. The molecule has 4 nitrogen and oxygen atoms in total. The highest BCUT2D eigenvalue weighted by molar-refractivity contribution is 5.00. The van der Waals surface area contributed by atoms with Gasteiger partial charge in [0, 0.05) is 32.1 Å². The van der Waals surface area contributed by atoms with Crippen molar-refractivity contribution in [2.75, 3.05) is 7.11 Å². The summed E-state index contributed by atoms with van der Waals surface area (Å²) in [5, 5.41) is 3.43. The molecule has 0 amide bonds. The summed E-state index contributed by atoms with van der Waals surface area (Å²) in [4.78, 5) is 8.53. The van der Waals surface area contributed by atoms with E-state index in [4.69, 9.17) is 4.74 Å². The van der Waals surface area contributed by atoms with Crippen molar-refractivity contribution in [3.63, 3.8) is 0 Å². The molecule has 0 fully saturated rings. The van der Waals surface area contributed by atoms with E-state index in [2.05, 4.69) is 36.1 Å². The number of nitrogens with zero attached hydrogens (tertiary/aromatic N) is 2. The molecular formula is C13H23N3O. The number of hydrogen-bond acceptors (Lipinski definition) is 4. The van der Waals surface area contributed by atoms with Gasteiger partial charge in [0.15, 0.2) is 0 Å². The number of methoxy groups -OCH3 is 1. The smallest absolute Gasteiger partial charge is 0.0724 e. The Bertz CT molecular complexity index is 335. The van der Waals surface area contributed by atoms with Crippen LogP contribution in [0.2, 0.25) is 0 Å². The summed E-state index contributed by atoms with van der Waals surface area (Å²) in [6, 6.07) is 0.382. The quantitative estimate of drug-likeness (QED) is 0.823. The van der Waals surface area contributed by atoms with E-state index in [1.165, 1.54) is 0 Å². The van der Waals surface area contributed by atoms with Crippen LogP contribution in [0.25, 0.3) is 0 Å². The molecule has 1 unspecified atom stereocenters. The topological polar surface area (TPSA) is 47.0 Å². The molecule has 0 aliphatic carbocycles. The third-order valence-electron chi connectivity index (χ3n) is 2.82. The molecule has 1 N–H and O–H groups in total. The van der Waals surface area contributed by atoms with Gasteiger partial charge in [-0.1, -0.05) is 0 Å². The number of nitrogens with one attached hydrogen (secondary N) is 1. The van der Waals surface area contributed by atoms with E-state index >= 15 is 0 Å². The van der Waals surface area contributed by atoms with Crippen LogP contribution in [0.4, 0.5) is 0 Å². The Balaban J connectivity index is 2.38. The summed E-state index contributed by atoms with van der Waals surface area (Å²) in [5.41, 5.74) is 1.82. The van der Waals surface area contributed by atoms with Crippen molar-refractivity contribution in [3.8, 4) is 0 Å². The lowest BCUT2D eigenvalue weighted by molar-refractivity contribution is 0.00842. The second-order valence-corrected chi connectivity index (χ2v) is 5.10. The minimum Gasteiger partial charge on any atom is -0.379 e. The van der Waals surface area contributed by atoms with Gasteiger partial charge in [-0.05, 0) is 34.1 Å². The molecule has 96 valence electrons. The lowest BCUT2D eigenvalue weighted by Gasteiger charge is -2.27. The minimum absolute atomic E-state index is 0.0919. The molecule has 0 spiro atoms. The zero-order valence-electron chi connectivity index (χ0n) is 11.4. The molecule has 0 saturated carbocycles. The van der Waals surface area contributed by atoms with E-state index in [0.717, 1.165) is 24.4 Å². The molecule has 1 aromatic rings. The molecule has 0 radical (unpaired) electrons. The molecule has 0 bridgehead atoms. The zero-order chi connectivity index (χ0) is 12.9. The third kappa shape index (κ3) is 5.24. The van der Waals surface area contributed by atoms with Gasteiger partial charge in [-0.25, -0.2) is 0 Å². The summed E-state index contributed by atoms with van der Waals surface area (Å²) in [6.45, 7) is 9.03. The molecule has 0 aromatic carbocycles. The molecule has 4 heteroatoms. The highest BCUT2D eigenvalue weighted by Crippen LogP contribution is 2.15. The van der Waals surface area contributed by atoms with Crippen molar-refractivity contribution >= 4 is 0 Å². The van der Waals surface area contributed by atoms with E-state index in [-0.39, 0.29) is 5.60 Å². The first kappa shape index (κ1) is 14.1. The van der Waals surface area contributed by atoms with E-state index in [9.17, 15) is 0 Å². The van der Waals surface area contributed by atoms with Gasteiger partial charge in [0.1, 0.15) is 0 Å². The molecule has 1 aromatic heterocycles. The van der Waals surface area contributed by atoms with Crippen molar-refractivity contribution in [2.45, 2.75) is 52.3 Å². The van der Waals surface area contributed by atoms with Gasteiger partial charge in [-0.15, -0.1) is 0 Å². The van der Waals surface area contributed by atoms with Crippen molar-refractivity contribution in [1.29, 1.82) is 0 Å². The third-order valence-corrected chi connectivity index (χ3v) is 2.82. The van der Waals surface area contributed by atoms with Crippen LogP contribution in [-0.2, 0) is 11.3 Å². The van der Waals surface area contributed by atoms with E-state index in [1.807, 2.05) is 13.1 Å². The van der Waals surface area contributed by atoms with E-state index in [0.29, 0.717) is 6.04 Å². The van der Waals surface area contributed by atoms with Crippen molar-refractivity contribution in [2.24, 2.45) is 0 Å². The predicted octanol–water partition coefficient (Wildman–Crippen LogP) is 2.08. The predicted molar refractivity (Wildman–Crippen MR) is 68.8 cm³/mol. The SMILES string of the molecule is COC(C)(C)CC(C)NCc1cnc(C)cn1. The number of hydrogen-bond donors (Lipinski definition) is 1. The van der Waals surface area contributed by atoms with Crippen LogP contribution in [0.5, 0.6) is 0 Å². The Morgan fingerprint density at radius 1 is 1.35 bits per heavy atom. The Labute approximate surface area is 104 Å². The van der Waals surface area contributed by atoms with Gasteiger partial charge < -0.3 is 10.1 Å². The fourth-order valence-electron chi connectivity index (χ4n) is 1.68. The van der Waals surface area contributed by atoms with E-state index in [1.54, 1.807) is 13.3 Å². The number of aromatic nitrogens is 2. The number of aryl methyl sites for hydroxylation is 1. The van der Waals surface area contributed by atoms with Gasteiger partial charge in [-0.3, -0.25) is 9.97 Å². The summed E-state index contributed by atoms with van der Waals surface area (Å²) in [5.74, 6) is 0. The van der Waals surface area contributed by atoms with Crippen LogP contribution in [0.15, 0.2) is 12.4 Å². The fourth-order valence-corrected chi connectivity index (χ4v) is 1.68. The minimum atomic E-state index is -0.0919. The molecule has 0 aliphatic heterocycles. The van der Waals surface area contributed by atoms with Gasteiger partial charge >= 0.3 is 0 Å². The van der Waals surface area contributed by atoms with Gasteiger partial charge in [0.05, 0.1) is 17.0 Å². The summed E-state index contributed by atoms with van der Waals surface area (Å²) < 4.78 is 5.41. The van der Waals surface area contributed by atoms with E-state index < -0.39 is 0 Å². The molecule has 1 atom stereocenters. The molecule has 17 heavy (non-hydrogen) atoms. The molecule has 1 heterocycles. The van der Waals surface area contributed by atoms with Crippen molar-refractivity contribution in [1.82, 2.24) is 15.3 Å². The first-order valence-electron chi connectivity index (χ1n) is 5.99. The van der Waals surface area contributed by atoms with Crippen LogP contribution in [0.1, 0.15) is 38.6 Å². The monoisotopic (exact) mass is 237 g/mol. The fraction of sp³-hybridized carbons (Fsp3) is 0.692. The van der Waals surface area contributed by atoms with Crippen molar-refractivity contribution < 1.29 is 4.74 Å². The van der Waals surface area contributed by atoms with Crippen LogP contribution in [0, 0.1) is 6.92 Å². The van der Waals surface area contributed by atoms with Gasteiger partial charge in [0.2, 0.25) is 0 Å². The Kier molecular flexibility index (Phi) is 5.02. The van der Waals surface area contributed by atoms with Crippen molar-refractivity contribution in [3.05, 3.63) is 23.8 Å². The van der Waals surface area contributed by atoms with Gasteiger partial charge in [-0.2, -0.15) is 0 Å². The summed E-state index contributed by atoms with van der Waals surface area (Å²) >= 11 is 0. The average Bonchev–Trinajstić information content (AvgIpc) is 2.28. The first-order chi connectivity index (χ1) is 7.93. The molecule has 0 saturated heterocycles. The van der Waals surface area contributed by atoms with Gasteiger partial charge in [0.25, 0.3) is 0 Å². The average molecular weight is 237 g/mol. The normalized spacial score (nSPS) is 13.7. The van der Waals surface area contributed by atoms with Crippen LogP contribution in [0.3, 0.4) is 0 Å². The standard InChI is InChI=1S/C13H23N3O/c1-10(6-13(3,4)17-5)14-8-12-9-15-11(2)7-16-12/h7,9-10,14H,6,8H2,1-5H3. The number of ether oxygens (including phenoxy) is 1. The Hall–Kier alpha value is -1.00. The maximum Gasteiger partial charge on any atom is 0.0724 e. The highest BCUT2D eigenvalue weighted by Gasteiger charge is 2.19. The second kappa shape index (κ2) is 6.07. The van der Waals surface area contributed by atoms with Crippen LogP contribution >= 0.6 is 0 Å². The Morgan fingerprint density at radius 2 is 2.06 bits per heavy atom. The van der Waals surface area contributed by atoms with Crippen LogP contribution in [-0.4, -0.2) is 28.7 Å². The largest absolute Gasteiger partial charge is 0.379 e. The molecular weight excluding hydrogens is 214 g/mol. The first-order valence-corrected chi connectivity index (χ1v) is 5.99.